The Morgan fingerprint density at radius 2 is 2.09 bits per heavy atom. The van der Waals surface area contributed by atoms with Crippen molar-refractivity contribution in [3.8, 4) is 0 Å². The highest BCUT2D eigenvalue weighted by Crippen LogP contribution is 2.44. The third kappa shape index (κ3) is 1.88. The van der Waals surface area contributed by atoms with Crippen LogP contribution in [0.25, 0.3) is 0 Å². The van der Waals surface area contributed by atoms with E-state index in [1.165, 1.54) is 0 Å². The van der Waals surface area contributed by atoms with Gasteiger partial charge in [0.2, 0.25) is 0 Å². The number of carbonyl (C=O) groups is 1. The Morgan fingerprint density at radius 3 is 2.36 bits per heavy atom. The van der Waals surface area contributed by atoms with Crippen LogP contribution in [0.5, 0.6) is 0 Å². The second-order valence-electron chi connectivity index (χ2n) is 3.55. The fourth-order valence-electron chi connectivity index (χ4n) is 0.948. The number of hydrogen-bond donors (Lipinski definition) is 1. The Balaban J connectivity index is 2.29. The van der Waals surface area contributed by atoms with Gasteiger partial charge in [-0.3, -0.25) is 4.79 Å². The van der Waals surface area contributed by atoms with Gasteiger partial charge in [0, 0.05) is 6.04 Å². The maximum atomic E-state index is 11.7. The molecule has 0 aromatic heterocycles. The summed E-state index contributed by atoms with van der Waals surface area (Å²) in [7, 11) is 0. The zero-order chi connectivity index (χ0) is 8.65. The summed E-state index contributed by atoms with van der Waals surface area (Å²) in [5.41, 5.74) is 0.0184. The van der Waals surface area contributed by atoms with Gasteiger partial charge in [-0.2, -0.15) is 8.78 Å². The number of carbonyl (C=O) groups excluding carboxylic acids is 1. The van der Waals surface area contributed by atoms with E-state index >= 15 is 0 Å². The molecule has 0 heterocycles. The van der Waals surface area contributed by atoms with Crippen LogP contribution in [0.4, 0.5) is 8.78 Å². The van der Waals surface area contributed by atoms with Crippen LogP contribution < -0.4 is 5.32 Å². The molecule has 1 fully saturated rings. The van der Waals surface area contributed by atoms with E-state index in [1.54, 1.807) is 0 Å². The predicted octanol–water partition coefficient (Wildman–Crippen LogP) is 1.17. The molecule has 0 bridgehead atoms. The summed E-state index contributed by atoms with van der Waals surface area (Å²) in [6, 6.07) is -0.0519. The van der Waals surface area contributed by atoms with Gasteiger partial charge in [-0.15, -0.1) is 0 Å². The molecule has 1 unspecified atom stereocenters. The lowest BCUT2D eigenvalue weighted by atomic mass is 10.2. The standard InChI is InChI=1S/C7H11F2NO/c1-7(2)3-4(7)10-6(11)5(8)9/h4-5H,3H2,1-2H3,(H,10,11). The number of amides is 1. The van der Waals surface area contributed by atoms with Crippen molar-refractivity contribution in [2.24, 2.45) is 5.41 Å². The minimum atomic E-state index is -2.88. The third-order valence-corrected chi connectivity index (χ3v) is 2.03. The number of hydrogen-bond acceptors (Lipinski definition) is 1. The summed E-state index contributed by atoms with van der Waals surface area (Å²) in [6.07, 6.45) is -2.09. The average molecular weight is 163 g/mol. The number of rotatable bonds is 2. The van der Waals surface area contributed by atoms with Crippen molar-refractivity contribution in [1.82, 2.24) is 5.32 Å². The van der Waals surface area contributed by atoms with Crippen molar-refractivity contribution >= 4 is 5.91 Å². The molecule has 0 aliphatic heterocycles. The predicted molar refractivity (Wildman–Crippen MR) is 36.3 cm³/mol. The minimum Gasteiger partial charge on any atom is -0.348 e. The fourth-order valence-corrected chi connectivity index (χ4v) is 0.948. The molecule has 1 rings (SSSR count). The molecular formula is C7H11F2NO. The summed E-state index contributed by atoms with van der Waals surface area (Å²) in [5, 5.41) is 2.25. The van der Waals surface area contributed by atoms with Gasteiger partial charge in [-0.05, 0) is 11.8 Å². The summed E-state index contributed by atoms with van der Waals surface area (Å²) in [5.74, 6) is -1.15. The van der Waals surface area contributed by atoms with Crippen molar-refractivity contribution in [3.05, 3.63) is 0 Å². The minimum absolute atomic E-state index is 0.0184. The van der Waals surface area contributed by atoms with Crippen LogP contribution in [0.1, 0.15) is 20.3 Å². The number of halogens is 2. The van der Waals surface area contributed by atoms with Crippen LogP contribution in [0, 0.1) is 5.41 Å². The van der Waals surface area contributed by atoms with Crippen molar-refractivity contribution in [3.63, 3.8) is 0 Å². The van der Waals surface area contributed by atoms with E-state index < -0.39 is 12.3 Å². The molecule has 0 saturated heterocycles. The van der Waals surface area contributed by atoms with Crippen molar-refractivity contribution < 1.29 is 13.6 Å². The molecule has 64 valence electrons. The van der Waals surface area contributed by atoms with Gasteiger partial charge < -0.3 is 5.32 Å². The summed E-state index contributed by atoms with van der Waals surface area (Å²) in [6.45, 7) is 3.87. The van der Waals surface area contributed by atoms with Gasteiger partial charge in [0.25, 0.3) is 5.91 Å². The Bertz CT molecular complexity index is 179. The average Bonchev–Trinajstić information content (AvgIpc) is 2.39. The van der Waals surface area contributed by atoms with Gasteiger partial charge in [-0.25, -0.2) is 0 Å². The first kappa shape index (κ1) is 8.43. The van der Waals surface area contributed by atoms with E-state index in [4.69, 9.17) is 0 Å². The van der Waals surface area contributed by atoms with Crippen LogP contribution in [0.2, 0.25) is 0 Å². The zero-order valence-electron chi connectivity index (χ0n) is 6.53. The van der Waals surface area contributed by atoms with Crippen LogP contribution in [0.15, 0.2) is 0 Å². The van der Waals surface area contributed by atoms with E-state index in [1.807, 2.05) is 13.8 Å². The van der Waals surface area contributed by atoms with Gasteiger partial charge in [-0.1, -0.05) is 13.8 Å². The Kier molecular flexibility index (Phi) is 1.86. The molecule has 1 saturated carbocycles. The monoisotopic (exact) mass is 163 g/mol. The second kappa shape index (κ2) is 2.43. The van der Waals surface area contributed by atoms with E-state index in [0.29, 0.717) is 0 Å². The molecule has 1 atom stereocenters. The van der Waals surface area contributed by atoms with E-state index in [0.717, 1.165) is 6.42 Å². The van der Waals surface area contributed by atoms with Gasteiger partial charge in [0.1, 0.15) is 0 Å². The molecule has 0 radical (unpaired) electrons. The highest BCUT2D eigenvalue weighted by Gasteiger charge is 2.47. The second-order valence-corrected chi connectivity index (χ2v) is 3.55. The largest absolute Gasteiger partial charge is 0.348 e. The number of alkyl halides is 2. The molecule has 0 aromatic rings. The Labute approximate surface area is 64.0 Å². The highest BCUT2D eigenvalue weighted by molar-refractivity contribution is 5.79. The molecule has 11 heavy (non-hydrogen) atoms. The van der Waals surface area contributed by atoms with Crippen LogP contribution in [-0.4, -0.2) is 18.4 Å². The summed E-state index contributed by atoms with van der Waals surface area (Å²) < 4.78 is 23.3. The Hall–Kier alpha value is -0.670. The SMILES string of the molecule is CC1(C)CC1NC(=O)C(F)F. The van der Waals surface area contributed by atoms with Crippen LogP contribution in [0.3, 0.4) is 0 Å². The Morgan fingerprint density at radius 1 is 1.64 bits per heavy atom. The maximum Gasteiger partial charge on any atom is 0.315 e. The molecule has 0 aromatic carbocycles. The highest BCUT2D eigenvalue weighted by atomic mass is 19.3. The first-order chi connectivity index (χ1) is 4.93. The lowest BCUT2D eigenvalue weighted by Crippen LogP contribution is -2.33. The van der Waals surface area contributed by atoms with Crippen LogP contribution in [-0.2, 0) is 4.79 Å². The summed E-state index contributed by atoms with van der Waals surface area (Å²) >= 11 is 0. The van der Waals surface area contributed by atoms with Crippen LogP contribution >= 0.6 is 0 Å². The normalized spacial score (nSPS) is 26.8. The fraction of sp³-hybridized carbons (Fsp3) is 0.857. The first-order valence-corrected chi connectivity index (χ1v) is 3.52. The van der Waals surface area contributed by atoms with Gasteiger partial charge in [0.05, 0.1) is 0 Å². The molecule has 1 amide bonds. The molecular weight excluding hydrogens is 152 g/mol. The molecule has 0 spiro atoms. The molecule has 1 N–H and O–H groups in total. The van der Waals surface area contributed by atoms with E-state index in [-0.39, 0.29) is 11.5 Å². The molecule has 1 aliphatic rings. The van der Waals surface area contributed by atoms with E-state index in [9.17, 15) is 13.6 Å². The zero-order valence-corrected chi connectivity index (χ0v) is 6.53. The maximum absolute atomic E-state index is 11.7. The molecule has 2 nitrogen and oxygen atoms in total. The molecule has 4 heteroatoms. The van der Waals surface area contributed by atoms with E-state index in [2.05, 4.69) is 5.32 Å². The van der Waals surface area contributed by atoms with Gasteiger partial charge in [0.15, 0.2) is 0 Å². The topological polar surface area (TPSA) is 29.1 Å². The quantitative estimate of drug-likeness (QED) is 0.650. The lowest BCUT2D eigenvalue weighted by molar-refractivity contribution is -0.132. The smallest absolute Gasteiger partial charge is 0.315 e. The number of nitrogens with one attached hydrogen (secondary N) is 1. The summed E-state index contributed by atoms with van der Waals surface area (Å²) in [4.78, 5) is 10.4. The third-order valence-electron chi connectivity index (χ3n) is 2.03. The van der Waals surface area contributed by atoms with Gasteiger partial charge >= 0.3 is 6.43 Å². The molecule has 1 aliphatic carbocycles. The van der Waals surface area contributed by atoms with Crippen molar-refractivity contribution in [2.75, 3.05) is 0 Å². The first-order valence-electron chi connectivity index (χ1n) is 3.52. The lowest BCUT2D eigenvalue weighted by Gasteiger charge is -2.04. The van der Waals surface area contributed by atoms with Crippen molar-refractivity contribution in [2.45, 2.75) is 32.7 Å². The van der Waals surface area contributed by atoms with Crippen molar-refractivity contribution in [1.29, 1.82) is 0 Å².